The number of benzene rings is 1. The third kappa shape index (κ3) is 4.25. The smallest absolute Gasteiger partial charge is 0.303 e. The molecule has 1 amide bonds. The van der Waals surface area contributed by atoms with Crippen molar-refractivity contribution in [3.63, 3.8) is 0 Å². The quantitative estimate of drug-likeness (QED) is 0.711. The van der Waals surface area contributed by atoms with Crippen LogP contribution in [0.5, 0.6) is 11.5 Å². The number of rotatable bonds is 6. The lowest BCUT2D eigenvalue weighted by Crippen LogP contribution is -2.38. The number of carboxylic acid groups (broad SMARTS) is 1. The van der Waals surface area contributed by atoms with E-state index in [0.29, 0.717) is 22.4 Å². The van der Waals surface area contributed by atoms with Crippen LogP contribution in [0.4, 0.5) is 5.69 Å². The fourth-order valence-corrected chi connectivity index (χ4v) is 7.13. The van der Waals surface area contributed by atoms with Crippen molar-refractivity contribution < 1.29 is 32.6 Å². The molecule has 0 aliphatic carbocycles. The second-order valence-electron chi connectivity index (χ2n) is 6.39. The summed E-state index contributed by atoms with van der Waals surface area (Å²) in [6.45, 7) is 0. The molecule has 2 atom stereocenters. The van der Waals surface area contributed by atoms with Crippen LogP contribution in [0.25, 0.3) is 0 Å². The molecule has 1 aromatic rings. The van der Waals surface area contributed by atoms with Gasteiger partial charge in [0.25, 0.3) is 0 Å². The largest absolute Gasteiger partial charge is 0.497 e. The predicted molar refractivity (Wildman–Crippen MR) is 105 cm³/mol. The van der Waals surface area contributed by atoms with Gasteiger partial charge < -0.3 is 19.5 Å². The van der Waals surface area contributed by atoms with Crippen molar-refractivity contribution in [1.29, 1.82) is 0 Å². The van der Waals surface area contributed by atoms with Gasteiger partial charge in [0, 0.05) is 17.7 Å². The molecule has 0 radical (unpaired) electrons. The molecule has 2 aliphatic rings. The summed E-state index contributed by atoms with van der Waals surface area (Å²) < 4.78 is 35.0. The molecule has 2 aliphatic heterocycles. The van der Waals surface area contributed by atoms with Crippen LogP contribution >= 0.6 is 11.8 Å². The van der Waals surface area contributed by atoms with E-state index in [1.165, 1.54) is 26.0 Å². The first kappa shape index (κ1) is 20.5. The molecule has 2 saturated heterocycles. The minimum atomic E-state index is -3.21. The number of amides is 1. The highest BCUT2D eigenvalue weighted by Crippen LogP contribution is 2.44. The van der Waals surface area contributed by atoms with E-state index in [2.05, 4.69) is 4.99 Å². The van der Waals surface area contributed by atoms with Crippen LogP contribution in [-0.4, -0.2) is 67.6 Å². The summed E-state index contributed by atoms with van der Waals surface area (Å²) in [6, 6.07) is 4.70. The summed E-state index contributed by atoms with van der Waals surface area (Å²) in [5, 5.41) is 8.82. The fraction of sp³-hybridized carbons (Fsp3) is 0.471. The highest BCUT2D eigenvalue weighted by molar-refractivity contribution is 8.16. The highest BCUT2D eigenvalue weighted by Gasteiger charge is 2.50. The second kappa shape index (κ2) is 8.00. The number of hydrogen-bond acceptors (Lipinski definition) is 7. The van der Waals surface area contributed by atoms with E-state index in [1.54, 1.807) is 23.1 Å². The standard InChI is InChI=1S/C17H20N2O7S2/c1-25-10-3-4-13(26-2)11(7-10)19-12-8-28(23,24)9-14(12)27-17(19)18-15(20)5-6-16(21)22/h3-4,7,12,14H,5-6,8-9H2,1-2H3,(H,21,22)/t12-,14-/m0/s1. The van der Waals surface area contributed by atoms with Gasteiger partial charge in [-0.25, -0.2) is 8.42 Å². The van der Waals surface area contributed by atoms with Gasteiger partial charge in [0.2, 0.25) is 5.91 Å². The lowest BCUT2D eigenvalue weighted by atomic mass is 10.2. The van der Waals surface area contributed by atoms with Crippen molar-refractivity contribution in [2.24, 2.45) is 4.99 Å². The van der Waals surface area contributed by atoms with Gasteiger partial charge in [-0.1, -0.05) is 11.8 Å². The van der Waals surface area contributed by atoms with Crippen LogP contribution in [0.3, 0.4) is 0 Å². The van der Waals surface area contributed by atoms with Crippen molar-refractivity contribution in [1.82, 2.24) is 0 Å². The zero-order valence-corrected chi connectivity index (χ0v) is 17.0. The number of carboxylic acids is 1. The summed E-state index contributed by atoms with van der Waals surface area (Å²) in [7, 11) is -0.203. The lowest BCUT2D eigenvalue weighted by molar-refractivity contribution is -0.138. The number of amidine groups is 1. The zero-order chi connectivity index (χ0) is 20.5. The Kier molecular flexibility index (Phi) is 5.84. The number of carbonyl (C=O) groups excluding carboxylic acids is 1. The van der Waals surface area contributed by atoms with E-state index in [0.717, 1.165) is 0 Å². The predicted octanol–water partition coefficient (Wildman–Crippen LogP) is 1.17. The summed E-state index contributed by atoms with van der Waals surface area (Å²) in [6.07, 6.45) is -0.542. The first-order valence-electron chi connectivity index (χ1n) is 8.45. The Morgan fingerprint density at radius 1 is 1.25 bits per heavy atom. The highest BCUT2D eigenvalue weighted by atomic mass is 32.2. The van der Waals surface area contributed by atoms with Crippen molar-refractivity contribution in [2.75, 3.05) is 30.6 Å². The summed E-state index contributed by atoms with van der Waals surface area (Å²) >= 11 is 1.21. The van der Waals surface area contributed by atoms with Crippen molar-refractivity contribution in [3.8, 4) is 11.5 Å². The topological polar surface area (TPSA) is 123 Å². The Hall–Kier alpha value is -2.27. The van der Waals surface area contributed by atoms with Gasteiger partial charge in [0.15, 0.2) is 15.0 Å². The van der Waals surface area contributed by atoms with E-state index in [-0.39, 0.29) is 29.6 Å². The van der Waals surface area contributed by atoms with Crippen molar-refractivity contribution in [3.05, 3.63) is 18.2 Å². The number of sulfone groups is 1. The van der Waals surface area contributed by atoms with Crippen LogP contribution in [0, 0.1) is 0 Å². The maximum Gasteiger partial charge on any atom is 0.303 e. The molecule has 1 aromatic carbocycles. The molecule has 9 nitrogen and oxygen atoms in total. The Bertz CT molecular complexity index is 929. The van der Waals surface area contributed by atoms with Crippen LogP contribution in [0.2, 0.25) is 0 Å². The van der Waals surface area contributed by atoms with Gasteiger partial charge in [0.05, 0.1) is 43.9 Å². The number of thioether (sulfide) groups is 1. The molecule has 0 spiro atoms. The number of carbonyl (C=O) groups is 2. The number of anilines is 1. The van der Waals surface area contributed by atoms with Crippen LogP contribution < -0.4 is 14.4 Å². The average molecular weight is 428 g/mol. The first-order chi connectivity index (χ1) is 13.2. The molecule has 3 rings (SSSR count). The Balaban J connectivity index is 2.02. The van der Waals surface area contributed by atoms with Crippen LogP contribution in [0.1, 0.15) is 12.8 Å². The molecule has 0 aromatic heterocycles. The first-order valence-corrected chi connectivity index (χ1v) is 11.2. The summed E-state index contributed by atoms with van der Waals surface area (Å²) in [4.78, 5) is 28.6. The average Bonchev–Trinajstić information content (AvgIpc) is 3.10. The van der Waals surface area contributed by atoms with Gasteiger partial charge in [-0.05, 0) is 12.1 Å². The Labute approximate surface area is 166 Å². The van der Waals surface area contributed by atoms with E-state index < -0.39 is 27.8 Å². The number of fused-ring (bicyclic) bond motifs is 1. The van der Waals surface area contributed by atoms with Gasteiger partial charge >= 0.3 is 5.97 Å². The normalized spacial score (nSPS) is 24.2. The Morgan fingerprint density at radius 3 is 2.64 bits per heavy atom. The monoisotopic (exact) mass is 428 g/mol. The SMILES string of the molecule is COc1ccc(OC)c(N2C(=NC(=O)CCC(=O)O)S[C@H]3CS(=O)(=O)C[C@@H]32)c1. The van der Waals surface area contributed by atoms with Gasteiger partial charge in [-0.2, -0.15) is 4.99 Å². The number of nitrogens with zero attached hydrogens (tertiary/aromatic N) is 2. The van der Waals surface area contributed by atoms with Crippen LogP contribution in [-0.2, 0) is 19.4 Å². The minimum Gasteiger partial charge on any atom is -0.497 e. The van der Waals surface area contributed by atoms with E-state index in [1.807, 2.05) is 0 Å². The zero-order valence-electron chi connectivity index (χ0n) is 15.3. The second-order valence-corrected chi connectivity index (χ2v) is 9.75. The molecular weight excluding hydrogens is 408 g/mol. The number of aliphatic carboxylic acids is 1. The van der Waals surface area contributed by atoms with Gasteiger partial charge in [0.1, 0.15) is 11.5 Å². The molecule has 0 unspecified atom stereocenters. The van der Waals surface area contributed by atoms with Crippen molar-refractivity contribution >= 4 is 44.3 Å². The maximum atomic E-state index is 12.1. The number of aliphatic imine (C=N–C) groups is 1. The van der Waals surface area contributed by atoms with Crippen LogP contribution in [0.15, 0.2) is 23.2 Å². The molecule has 2 heterocycles. The number of hydrogen-bond donors (Lipinski definition) is 1. The molecule has 152 valence electrons. The third-order valence-electron chi connectivity index (χ3n) is 4.49. The van der Waals surface area contributed by atoms with Crippen molar-refractivity contribution in [2.45, 2.75) is 24.1 Å². The number of ether oxygens (including phenoxy) is 2. The van der Waals surface area contributed by atoms with E-state index >= 15 is 0 Å². The minimum absolute atomic E-state index is 0.00649. The van der Waals surface area contributed by atoms with Gasteiger partial charge in [-0.3, -0.25) is 9.59 Å². The molecule has 1 N–H and O–H groups in total. The molecular formula is C17H20N2O7S2. The molecule has 0 saturated carbocycles. The number of methoxy groups -OCH3 is 2. The van der Waals surface area contributed by atoms with Gasteiger partial charge in [-0.15, -0.1) is 0 Å². The lowest BCUT2D eigenvalue weighted by Gasteiger charge is -2.26. The fourth-order valence-electron chi connectivity index (χ4n) is 3.21. The summed E-state index contributed by atoms with van der Waals surface area (Å²) in [5.74, 6) is -0.693. The van der Waals surface area contributed by atoms with E-state index in [9.17, 15) is 18.0 Å². The van der Waals surface area contributed by atoms with E-state index in [4.69, 9.17) is 14.6 Å². The third-order valence-corrected chi connectivity index (χ3v) is 7.69. The molecule has 0 bridgehead atoms. The maximum absolute atomic E-state index is 12.1. The molecule has 2 fully saturated rings. The molecule has 11 heteroatoms. The molecule has 28 heavy (non-hydrogen) atoms. The summed E-state index contributed by atoms with van der Waals surface area (Å²) in [5.41, 5.74) is 0.545. The Morgan fingerprint density at radius 2 is 2.00 bits per heavy atom.